The molecule has 41 heavy (non-hydrogen) atoms. The van der Waals surface area contributed by atoms with E-state index >= 15 is 0 Å². The largest absolute Gasteiger partial charge is 0.309 e. The SMILES string of the molecule is Cc1cc(C)cc(-c2cccc3c2Sc2ccccc2C32c3ccccc3-n3c4ccccc4c4cccc2c43)c1. The van der Waals surface area contributed by atoms with Crippen LogP contribution >= 0.6 is 11.8 Å². The molecule has 0 bridgehead atoms. The zero-order valence-corrected chi connectivity index (χ0v) is 23.8. The Hall–Kier alpha value is -4.53. The fourth-order valence-corrected chi connectivity index (χ4v) is 9.03. The van der Waals surface area contributed by atoms with Crippen LogP contribution in [0, 0.1) is 13.8 Å². The van der Waals surface area contributed by atoms with Crippen LogP contribution in [0.1, 0.15) is 33.4 Å². The lowest BCUT2D eigenvalue weighted by Gasteiger charge is -2.45. The first-order valence-electron chi connectivity index (χ1n) is 14.3. The van der Waals surface area contributed by atoms with Crippen LogP contribution in [0.3, 0.4) is 0 Å². The van der Waals surface area contributed by atoms with Gasteiger partial charge in [0.05, 0.1) is 22.1 Å². The first-order valence-corrected chi connectivity index (χ1v) is 15.1. The van der Waals surface area contributed by atoms with E-state index in [2.05, 4.69) is 146 Å². The van der Waals surface area contributed by atoms with Crippen molar-refractivity contribution < 1.29 is 0 Å². The van der Waals surface area contributed by atoms with Gasteiger partial charge in [0.1, 0.15) is 0 Å². The number of hydrogen-bond donors (Lipinski definition) is 0. The van der Waals surface area contributed by atoms with Crippen LogP contribution in [0.4, 0.5) is 0 Å². The Morgan fingerprint density at radius 2 is 1.22 bits per heavy atom. The smallest absolute Gasteiger partial charge is 0.0764 e. The maximum atomic E-state index is 2.51. The van der Waals surface area contributed by atoms with Crippen molar-refractivity contribution in [2.45, 2.75) is 29.1 Å². The highest BCUT2D eigenvalue weighted by molar-refractivity contribution is 7.99. The van der Waals surface area contributed by atoms with E-state index in [-0.39, 0.29) is 0 Å². The zero-order chi connectivity index (χ0) is 27.3. The number of aryl methyl sites for hydroxylation is 2. The second-order valence-corrected chi connectivity index (χ2v) is 12.5. The molecule has 0 saturated heterocycles. The fourth-order valence-electron chi connectivity index (χ4n) is 7.70. The second-order valence-electron chi connectivity index (χ2n) is 11.5. The van der Waals surface area contributed by atoms with Crippen LogP contribution < -0.4 is 0 Å². The second kappa shape index (κ2) is 8.25. The average molecular weight is 542 g/mol. The number of benzene rings is 6. The van der Waals surface area contributed by atoms with Crippen LogP contribution in [0.2, 0.25) is 0 Å². The number of rotatable bonds is 1. The van der Waals surface area contributed by atoms with Crippen molar-refractivity contribution in [2.24, 2.45) is 0 Å². The third kappa shape index (κ3) is 2.93. The molecule has 1 nitrogen and oxygen atoms in total. The van der Waals surface area contributed by atoms with Gasteiger partial charge in [0, 0.05) is 20.6 Å². The lowest BCUT2D eigenvalue weighted by atomic mass is 9.62. The van der Waals surface area contributed by atoms with E-state index in [0.29, 0.717) is 0 Å². The molecule has 2 heteroatoms. The molecule has 194 valence electrons. The summed E-state index contributed by atoms with van der Waals surface area (Å²) in [5.41, 5.74) is 14.0. The van der Waals surface area contributed by atoms with Crippen LogP contribution in [-0.2, 0) is 5.41 Å². The minimum absolute atomic E-state index is 0.438. The van der Waals surface area contributed by atoms with Crippen molar-refractivity contribution in [2.75, 3.05) is 0 Å². The van der Waals surface area contributed by atoms with Crippen molar-refractivity contribution in [3.8, 4) is 16.8 Å². The van der Waals surface area contributed by atoms with E-state index in [0.717, 1.165) is 0 Å². The normalized spacial score (nSPS) is 16.5. The standard InChI is InChI=1S/C39H27NS/c1-24-21-25(2)23-26(22-24)27-12-9-17-33-38(27)41-36-20-8-5-15-31(36)39(33)30-14-4-7-19-35(30)40-34-18-6-3-11-28(34)29-13-10-16-32(39)37(29)40/h3-23H,1-2H3. The van der Waals surface area contributed by atoms with Gasteiger partial charge in [-0.1, -0.05) is 132 Å². The Labute approximate surface area is 244 Å². The molecule has 2 aliphatic heterocycles. The quantitative estimate of drug-likeness (QED) is 0.200. The van der Waals surface area contributed by atoms with Crippen molar-refractivity contribution in [1.29, 1.82) is 0 Å². The van der Waals surface area contributed by atoms with Gasteiger partial charge >= 0.3 is 0 Å². The molecule has 0 fully saturated rings. The van der Waals surface area contributed by atoms with Gasteiger partial charge in [0.2, 0.25) is 0 Å². The minimum Gasteiger partial charge on any atom is -0.309 e. The van der Waals surface area contributed by atoms with Gasteiger partial charge in [0.25, 0.3) is 0 Å². The Morgan fingerprint density at radius 3 is 2.10 bits per heavy atom. The molecule has 1 atom stereocenters. The summed E-state index contributed by atoms with van der Waals surface area (Å²) in [7, 11) is 0. The molecular formula is C39H27NS. The molecule has 1 spiro atoms. The van der Waals surface area contributed by atoms with Crippen LogP contribution in [0.5, 0.6) is 0 Å². The maximum absolute atomic E-state index is 2.51. The summed E-state index contributed by atoms with van der Waals surface area (Å²) in [4.78, 5) is 2.68. The molecule has 0 radical (unpaired) electrons. The van der Waals surface area contributed by atoms with Crippen molar-refractivity contribution in [3.63, 3.8) is 0 Å². The van der Waals surface area contributed by atoms with Crippen molar-refractivity contribution >= 4 is 33.6 Å². The highest BCUT2D eigenvalue weighted by Crippen LogP contribution is 2.61. The van der Waals surface area contributed by atoms with E-state index in [1.165, 1.54) is 81.8 Å². The minimum atomic E-state index is -0.438. The Kier molecular flexibility index (Phi) is 4.67. The monoisotopic (exact) mass is 541 g/mol. The molecule has 6 aromatic carbocycles. The molecular weight excluding hydrogens is 515 g/mol. The lowest BCUT2D eigenvalue weighted by molar-refractivity contribution is 0.690. The first kappa shape index (κ1) is 23.2. The molecule has 7 aromatic rings. The van der Waals surface area contributed by atoms with Crippen molar-refractivity contribution in [1.82, 2.24) is 4.57 Å². The summed E-state index contributed by atoms with van der Waals surface area (Å²) in [6, 6.07) is 47.9. The highest BCUT2D eigenvalue weighted by Gasteiger charge is 2.49. The Morgan fingerprint density at radius 1 is 0.561 bits per heavy atom. The number of nitrogens with zero attached hydrogens (tertiary/aromatic N) is 1. The highest BCUT2D eigenvalue weighted by atomic mass is 32.2. The van der Waals surface area contributed by atoms with Crippen LogP contribution in [0.25, 0.3) is 38.6 Å². The molecule has 3 heterocycles. The zero-order valence-electron chi connectivity index (χ0n) is 23.0. The molecule has 2 aliphatic rings. The van der Waals surface area contributed by atoms with Crippen LogP contribution in [-0.4, -0.2) is 4.57 Å². The van der Waals surface area contributed by atoms with Gasteiger partial charge in [-0.25, -0.2) is 0 Å². The van der Waals surface area contributed by atoms with E-state index in [1.807, 2.05) is 11.8 Å². The predicted molar refractivity (Wildman–Crippen MR) is 172 cm³/mol. The number of hydrogen-bond acceptors (Lipinski definition) is 1. The summed E-state index contributed by atoms with van der Waals surface area (Å²) in [5.74, 6) is 0. The molecule has 1 unspecified atom stereocenters. The van der Waals surface area contributed by atoms with Gasteiger partial charge in [-0.2, -0.15) is 0 Å². The van der Waals surface area contributed by atoms with Crippen LogP contribution in [0.15, 0.2) is 137 Å². The third-order valence-electron chi connectivity index (χ3n) is 9.10. The first-order chi connectivity index (χ1) is 20.2. The summed E-state index contributed by atoms with van der Waals surface area (Å²) in [6.07, 6.45) is 0. The van der Waals surface area contributed by atoms with E-state index in [4.69, 9.17) is 0 Å². The number of aromatic nitrogens is 1. The predicted octanol–water partition coefficient (Wildman–Crippen LogP) is 10.2. The topological polar surface area (TPSA) is 4.93 Å². The molecule has 9 rings (SSSR count). The number of para-hydroxylation sites is 3. The third-order valence-corrected chi connectivity index (χ3v) is 10.3. The fraction of sp³-hybridized carbons (Fsp3) is 0.0769. The van der Waals surface area contributed by atoms with Gasteiger partial charge in [0.15, 0.2) is 0 Å². The lowest BCUT2D eigenvalue weighted by Crippen LogP contribution is -2.37. The van der Waals surface area contributed by atoms with E-state index in [9.17, 15) is 0 Å². The summed E-state index contributed by atoms with van der Waals surface area (Å²) in [6.45, 7) is 4.40. The molecule has 0 amide bonds. The molecule has 0 aliphatic carbocycles. The summed E-state index contributed by atoms with van der Waals surface area (Å²) in [5, 5.41) is 2.62. The van der Waals surface area contributed by atoms with Gasteiger partial charge in [-0.3, -0.25) is 0 Å². The molecule has 0 saturated carbocycles. The van der Waals surface area contributed by atoms with E-state index < -0.39 is 5.41 Å². The van der Waals surface area contributed by atoms with E-state index in [1.54, 1.807) is 0 Å². The maximum Gasteiger partial charge on any atom is 0.0764 e. The number of fused-ring (bicyclic) bond motifs is 11. The Bertz CT molecular complexity index is 2200. The summed E-state index contributed by atoms with van der Waals surface area (Å²) >= 11 is 1.93. The molecule has 0 N–H and O–H groups in total. The van der Waals surface area contributed by atoms with Crippen molar-refractivity contribution in [3.05, 3.63) is 161 Å². The van der Waals surface area contributed by atoms with Gasteiger partial charge in [-0.05, 0) is 65.4 Å². The van der Waals surface area contributed by atoms with Gasteiger partial charge in [-0.15, -0.1) is 0 Å². The van der Waals surface area contributed by atoms with Gasteiger partial charge < -0.3 is 4.57 Å². The average Bonchev–Trinajstić information content (AvgIpc) is 3.34. The Balaban J connectivity index is 1.51. The molecule has 1 aromatic heterocycles. The summed E-state index contributed by atoms with van der Waals surface area (Å²) < 4.78 is 2.51.